The highest BCUT2D eigenvalue weighted by atomic mass is 32.1. The average molecular weight is 281 g/mol. The minimum atomic E-state index is -0.811. The van der Waals surface area contributed by atoms with Crippen LogP contribution < -0.4 is 4.73 Å². The van der Waals surface area contributed by atoms with Crippen LogP contribution in [0.5, 0.6) is 0 Å². The highest BCUT2D eigenvalue weighted by Crippen LogP contribution is 2.27. The van der Waals surface area contributed by atoms with Crippen molar-refractivity contribution in [3.63, 3.8) is 0 Å². The molecule has 0 N–H and O–H groups in total. The molecule has 2 heterocycles. The van der Waals surface area contributed by atoms with Gasteiger partial charge in [-0.05, 0) is 13.0 Å². The van der Waals surface area contributed by atoms with Crippen LogP contribution >= 0.6 is 11.3 Å². The van der Waals surface area contributed by atoms with E-state index in [1.54, 1.807) is 12.1 Å². The van der Waals surface area contributed by atoms with Crippen molar-refractivity contribution in [3.8, 4) is 10.6 Å². The van der Waals surface area contributed by atoms with Gasteiger partial charge in [0.25, 0.3) is 5.09 Å². The van der Waals surface area contributed by atoms with E-state index < -0.39 is 5.09 Å². The molecule has 0 radical (unpaired) electrons. The van der Waals surface area contributed by atoms with Gasteiger partial charge >= 0.3 is 0 Å². The summed E-state index contributed by atoms with van der Waals surface area (Å²) in [6, 6.07) is 3.44. The molecular weight excluding hydrogens is 270 g/mol. The second-order valence-electron chi connectivity index (χ2n) is 3.79. The Kier molecular flexibility index (Phi) is 3.91. The van der Waals surface area contributed by atoms with Gasteiger partial charge in [0.1, 0.15) is 11.6 Å². The molecule has 0 unspecified atom stereocenters. The lowest BCUT2D eigenvalue weighted by Gasteiger charge is -1.97. The number of hydrogen-bond acceptors (Lipinski definition) is 6. The molecule has 19 heavy (non-hydrogen) atoms. The van der Waals surface area contributed by atoms with Crippen LogP contribution in [0, 0.1) is 22.2 Å². The monoisotopic (exact) mass is 281 g/mol. The first-order valence-corrected chi connectivity index (χ1v) is 6.30. The summed E-state index contributed by atoms with van der Waals surface area (Å²) < 4.78 is 0.710. The third-order valence-electron chi connectivity index (χ3n) is 2.44. The van der Waals surface area contributed by atoms with Gasteiger partial charge in [-0.25, -0.2) is 4.98 Å². The van der Waals surface area contributed by atoms with E-state index in [-0.39, 0.29) is 6.61 Å². The number of aryl methyl sites for hydroxylation is 1. The molecule has 0 fully saturated rings. The Morgan fingerprint density at radius 1 is 1.58 bits per heavy atom. The van der Waals surface area contributed by atoms with Gasteiger partial charge in [0.15, 0.2) is 12.4 Å². The number of pyridine rings is 1. The van der Waals surface area contributed by atoms with Crippen molar-refractivity contribution in [3.05, 3.63) is 50.4 Å². The highest BCUT2D eigenvalue weighted by Gasteiger charge is 2.11. The normalized spacial score (nSPS) is 10.4. The van der Waals surface area contributed by atoms with E-state index in [0.29, 0.717) is 11.2 Å². The molecular formula is C11H11N3O4S. The summed E-state index contributed by atoms with van der Waals surface area (Å²) in [7, 11) is 0. The number of aromatic nitrogens is 2. The summed E-state index contributed by atoms with van der Waals surface area (Å²) >= 11 is 1.41. The Balaban J connectivity index is 2.14. The molecule has 0 spiro atoms. The molecule has 0 saturated carbocycles. The molecule has 0 saturated heterocycles. The van der Waals surface area contributed by atoms with Gasteiger partial charge in [-0.15, -0.1) is 21.5 Å². The number of thiazole rings is 1. The molecule has 0 aromatic carbocycles. The fraction of sp³-hybridized carbons (Fsp3) is 0.273. The third kappa shape index (κ3) is 3.38. The summed E-state index contributed by atoms with van der Waals surface area (Å²) in [6.45, 7) is 1.83. The largest absolute Gasteiger partial charge is 0.619 e. The summed E-state index contributed by atoms with van der Waals surface area (Å²) in [4.78, 5) is 19.6. The van der Waals surface area contributed by atoms with Gasteiger partial charge in [0.2, 0.25) is 0 Å². The van der Waals surface area contributed by atoms with Crippen LogP contribution in [0.2, 0.25) is 0 Å². The molecule has 0 bridgehead atoms. The van der Waals surface area contributed by atoms with E-state index >= 15 is 0 Å². The van der Waals surface area contributed by atoms with Crippen LogP contribution in [-0.2, 0) is 11.3 Å². The van der Waals surface area contributed by atoms with Crippen LogP contribution in [-0.4, -0.2) is 16.7 Å². The zero-order valence-corrected chi connectivity index (χ0v) is 10.9. The first-order valence-electron chi connectivity index (χ1n) is 5.49. The van der Waals surface area contributed by atoms with Crippen LogP contribution in [0.3, 0.4) is 0 Å². The Morgan fingerprint density at radius 2 is 2.37 bits per heavy atom. The van der Waals surface area contributed by atoms with Crippen LogP contribution in [0.1, 0.15) is 10.6 Å². The number of hydrogen-bond donors (Lipinski definition) is 0. The van der Waals surface area contributed by atoms with E-state index in [4.69, 9.17) is 0 Å². The van der Waals surface area contributed by atoms with Gasteiger partial charge in [-0.3, -0.25) is 0 Å². The van der Waals surface area contributed by atoms with Crippen LogP contribution in [0.15, 0.2) is 24.5 Å². The molecule has 0 aliphatic carbocycles. The summed E-state index contributed by atoms with van der Waals surface area (Å²) in [5.74, 6) is 0. The zero-order valence-electron chi connectivity index (χ0n) is 10.1. The second kappa shape index (κ2) is 5.61. The van der Waals surface area contributed by atoms with Crippen molar-refractivity contribution in [2.24, 2.45) is 0 Å². The molecule has 2 rings (SSSR count). The van der Waals surface area contributed by atoms with Crippen molar-refractivity contribution >= 4 is 11.3 Å². The lowest BCUT2D eigenvalue weighted by Crippen LogP contribution is -2.23. The van der Waals surface area contributed by atoms with E-state index in [9.17, 15) is 15.3 Å². The summed E-state index contributed by atoms with van der Waals surface area (Å²) in [5.41, 5.74) is 1.53. The summed E-state index contributed by atoms with van der Waals surface area (Å²) in [5, 5.41) is 21.2. The van der Waals surface area contributed by atoms with Gasteiger partial charge in [-0.2, -0.15) is 4.73 Å². The van der Waals surface area contributed by atoms with Crippen molar-refractivity contribution in [2.45, 2.75) is 13.3 Å². The van der Waals surface area contributed by atoms with Gasteiger partial charge in [-0.1, -0.05) is 0 Å². The molecule has 0 atom stereocenters. The molecule has 2 aromatic heterocycles. The predicted molar refractivity (Wildman–Crippen MR) is 67.9 cm³/mol. The number of rotatable bonds is 5. The highest BCUT2D eigenvalue weighted by molar-refractivity contribution is 7.15. The Hall–Kier alpha value is -2.22. The van der Waals surface area contributed by atoms with Gasteiger partial charge in [0.05, 0.1) is 11.3 Å². The van der Waals surface area contributed by atoms with Crippen LogP contribution in [0.25, 0.3) is 10.6 Å². The van der Waals surface area contributed by atoms with Crippen molar-refractivity contribution < 1.29 is 14.7 Å². The second-order valence-corrected chi connectivity index (χ2v) is 4.87. The maximum absolute atomic E-state index is 11.2. The topological polar surface area (TPSA) is 92.2 Å². The van der Waals surface area contributed by atoms with E-state index in [2.05, 4.69) is 9.82 Å². The Bertz CT molecular complexity index is 599. The minimum Gasteiger partial charge on any atom is -0.619 e. The van der Waals surface area contributed by atoms with E-state index in [0.717, 1.165) is 21.1 Å². The molecule has 8 heteroatoms. The van der Waals surface area contributed by atoms with E-state index in [1.807, 2.05) is 6.92 Å². The number of nitrogens with zero attached hydrogens (tertiary/aromatic N) is 3. The van der Waals surface area contributed by atoms with Gasteiger partial charge < -0.3 is 10.0 Å². The van der Waals surface area contributed by atoms with Crippen molar-refractivity contribution in [1.82, 2.24) is 4.98 Å². The lowest BCUT2D eigenvalue weighted by atomic mass is 10.3. The summed E-state index contributed by atoms with van der Waals surface area (Å²) in [6.07, 6.45) is 3.26. The molecule has 7 nitrogen and oxygen atoms in total. The fourth-order valence-corrected chi connectivity index (χ4v) is 2.61. The lowest BCUT2D eigenvalue weighted by molar-refractivity contribution is -0.757. The van der Waals surface area contributed by atoms with Crippen molar-refractivity contribution in [1.29, 1.82) is 0 Å². The molecule has 2 aromatic rings. The van der Waals surface area contributed by atoms with Gasteiger partial charge in [0, 0.05) is 17.4 Å². The average Bonchev–Trinajstić information content (AvgIpc) is 2.71. The van der Waals surface area contributed by atoms with Crippen LogP contribution in [0.4, 0.5) is 0 Å². The fourth-order valence-electron chi connectivity index (χ4n) is 1.58. The zero-order chi connectivity index (χ0) is 13.8. The Morgan fingerprint density at radius 3 is 3.05 bits per heavy atom. The molecule has 0 aliphatic rings. The predicted octanol–water partition coefficient (Wildman–Crippen LogP) is 1.50. The molecule has 0 aliphatic heterocycles. The maximum atomic E-state index is 11.2. The Labute approximate surface area is 112 Å². The quantitative estimate of drug-likeness (QED) is 0.358. The SMILES string of the molecule is Cc1nc(-c2ccc[n+]([O-])c2)sc1CCO[N+](=O)[O-]. The standard InChI is InChI=1S/C11H11N3O4S/c1-8-10(4-6-18-14(16)17)19-11(12-8)9-3-2-5-13(15)7-9/h2-3,5,7H,4,6H2,1H3. The third-order valence-corrected chi connectivity index (χ3v) is 3.71. The maximum Gasteiger partial charge on any atom is 0.294 e. The van der Waals surface area contributed by atoms with E-state index in [1.165, 1.54) is 23.7 Å². The molecule has 0 amide bonds. The first-order chi connectivity index (χ1) is 9.06. The first kappa shape index (κ1) is 13.2. The smallest absolute Gasteiger partial charge is 0.294 e. The molecule has 100 valence electrons. The minimum absolute atomic E-state index is 0.00577. The van der Waals surface area contributed by atoms with Crippen molar-refractivity contribution in [2.75, 3.05) is 6.61 Å².